The van der Waals surface area contributed by atoms with E-state index in [4.69, 9.17) is 4.65 Å². The zero-order valence-electron chi connectivity index (χ0n) is 17.7. The number of aromatic carboxylic acids is 1. The van der Waals surface area contributed by atoms with Crippen LogP contribution in [0.5, 0.6) is 5.75 Å². The first-order chi connectivity index (χ1) is 16.5. The number of hydrogen-bond donors (Lipinski definition) is 5. The van der Waals surface area contributed by atoms with Gasteiger partial charge in [0.1, 0.15) is 11.4 Å². The number of carboxylic acids is 1. The van der Waals surface area contributed by atoms with Crippen LogP contribution in [0.25, 0.3) is 0 Å². The fourth-order valence-electron chi connectivity index (χ4n) is 3.49. The fraction of sp³-hybridized carbons (Fsp3) is 0.190. The molecule has 0 bridgehead atoms. The zero-order chi connectivity index (χ0) is 24.1. The van der Waals surface area contributed by atoms with Gasteiger partial charge >= 0.3 is 13.1 Å². The van der Waals surface area contributed by atoms with Gasteiger partial charge in [0.15, 0.2) is 10.8 Å². The molecule has 2 aromatic heterocycles. The van der Waals surface area contributed by atoms with E-state index in [-0.39, 0.29) is 29.1 Å². The third-order valence-electron chi connectivity index (χ3n) is 5.17. The van der Waals surface area contributed by atoms with Crippen molar-refractivity contribution in [2.75, 3.05) is 11.9 Å². The predicted molar refractivity (Wildman–Crippen MR) is 125 cm³/mol. The molecule has 5 N–H and O–H groups in total. The standard InChI is InChI=1S/C21H20BN5O6S/c28-19(26-16-10-13-2-1-3-14(20(29)30)18(13)33-22(16)31)17(27-32)15-11-34-21(25-15)24-9-6-12-4-7-23-8-5-12/h1-5,7-8,11,16,31-32H,6,9-10H2,(H,24,25)(H,26,28)(H,29,30). The van der Waals surface area contributed by atoms with Crippen molar-refractivity contribution in [1.29, 1.82) is 0 Å². The Hall–Kier alpha value is -3.97. The molecule has 0 aliphatic carbocycles. The lowest BCUT2D eigenvalue weighted by Crippen LogP contribution is -2.54. The van der Waals surface area contributed by atoms with Crippen molar-refractivity contribution in [2.24, 2.45) is 5.16 Å². The van der Waals surface area contributed by atoms with E-state index < -0.39 is 24.9 Å². The Morgan fingerprint density at radius 2 is 2.06 bits per heavy atom. The number of carbonyl (C=O) groups is 2. The van der Waals surface area contributed by atoms with Gasteiger partial charge < -0.3 is 30.6 Å². The monoisotopic (exact) mass is 481 g/mol. The first-order valence-corrected chi connectivity index (χ1v) is 11.2. The molecule has 11 nitrogen and oxygen atoms in total. The van der Waals surface area contributed by atoms with Crippen LogP contribution < -0.4 is 15.3 Å². The molecule has 0 radical (unpaired) electrons. The number of nitrogens with one attached hydrogen (secondary N) is 2. The molecule has 1 atom stereocenters. The van der Waals surface area contributed by atoms with Gasteiger partial charge in [-0.3, -0.25) is 9.78 Å². The number of fused-ring (bicyclic) bond motifs is 1. The summed E-state index contributed by atoms with van der Waals surface area (Å²) in [5.41, 5.74) is 1.39. The van der Waals surface area contributed by atoms with Gasteiger partial charge in [0, 0.05) is 24.3 Å². The lowest BCUT2D eigenvalue weighted by molar-refractivity contribution is -0.115. The van der Waals surface area contributed by atoms with Crippen molar-refractivity contribution in [1.82, 2.24) is 15.3 Å². The molecule has 1 unspecified atom stereocenters. The Kier molecular flexibility index (Phi) is 7.04. The molecule has 0 fully saturated rings. The molecule has 1 amide bonds. The summed E-state index contributed by atoms with van der Waals surface area (Å²) < 4.78 is 5.37. The number of rotatable bonds is 8. The van der Waals surface area contributed by atoms with Gasteiger partial charge in [-0.1, -0.05) is 17.3 Å². The number of anilines is 1. The van der Waals surface area contributed by atoms with E-state index in [1.807, 2.05) is 12.1 Å². The van der Waals surface area contributed by atoms with E-state index in [1.165, 1.54) is 17.4 Å². The molecule has 0 spiro atoms. The highest BCUT2D eigenvalue weighted by Crippen LogP contribution is 2.30. The van der Waals surface area contributed by atoms with E-state index in [0.29, 0.717) is 17.2 Å². The van der Waals surface area contributed by atoms with Crippen LogP contribution in [0.3, 0.4) is 0 Å². The predicted octanol–water partition coefficient (Wildman–Crippen LogP) is 1.21. The number of para-hydroxylation sites is 1. The van der Waals surface area contributed by atoms with E-state index in [9.17, 15) is 24.9 Å². The van der Waals surface area contributed by atoms with Crippen molar-refractivity contribution in [3.8, 4) is 5.75 Å². The second-order valence-corrected chi connectivity index (χ2v) is 8.27. The molecule has 174 valence electrons. The van der Waals surface area contributed by atoms with Crippen molar-refractivity contribution >= 4 is 41.2 Å². The topological polar surface area (TPSA) is 166 Å². The maximum absolute atomic E-state index is 12.8. The van der Waals surface area contributed by atoms with E-state index >= 15 is 0 Å². The van der Waals surface area contributed by atoms with Crippen LogP contribution in [0, 0.1) is 0 Å². The molecule has 1 aliphatic rings. The average molecular weight is 481 g/mol. The van der Waals surface area contributed by atoms with Gasteiger partial charge in [0.05, 0.1) is 11.5 Å². The normalized spacial score (nSPS) is 15.3. The number of aromatic nitrogens is 2. The average Bonchev–Trinajstić information content (AvgIpc) is 3.28. The van der Waals surface area contributed by atoms with Crippen LogP contribution in [0.4, 0.5) is 5.13 Å². The van der Waals surface area contributed by atoms with Crippen LogP contribution in [0.1, 0.15) is 27.2 Å². The quantitative estimate of drug-likeness (QED) is 0.138. The van der Waals surface area contributed by atoms with Crippen molar-refractivity contribution in [3.05, 3.63) is 70.5 Å². The summed E-state index contributed by atoms with van der Waals surface area (Å²) >= 11 is 1.25. The van der Waals surface area contributed by atoms with Crippen molar-refractivity contribution < 1.29 is 29.6 Å². The Morgan fingerprint density at radius 3 is 2.79 bits per heavy atom. The number of pyridine rings is 1. The Labute approximate surface area is 198 Å². The number of thiazole rings is 1. The van der Waals surface area contributed by atoms with Gasteiger partial charge in [-0.15, -0.1) is 11.3 Å². The number of carbonyl (C=O) groups excluding carboxylic acids is 1. The van der Waals surface area contributed by atoms with Crippen LogP contribution in [0.15, 0.2) is 53.3 Å². The third kappa shape index (κ3) is 5.16. The van der Waals surface area contributed by atoms with Gasteiger partial charge in [0.25, 0.3) is 5.91 Å². The van der Waals surface area contributed by atoms with E-state index in [2.05, 4.69) is 25.8 Å². The molecule has 0 saturated carbocycles. The van der Waals surface area contributed by atoms with Crippen LogP contribution in [-0.2, 0) is 17.6 Å². The van der Waals surface area contributed by atoms with Crippen molar-refractivity contribution in [3.63, 3.8) is 0 Å². The van der Waals surface area contributed by atoms with E-state index in [0.717, 1.165) is 12.0 Å². The lowest BCUT2D eigenvalue weighted by atomic mass is 9.72. The fourth-order valence-corrected chi connectivity index (χ4v) is 4.22. The van der Waals surface area contributed by atoms with Gasteiger partial charge in [-0.25, -0.2) is 9.78 Å². The molecule has 13 heteroatoms. The molecular weight excluding hydrogens is 461 g/mol. The van der Waals surface area contributed by atoms with Gasteiger partial charge in [-0.2, -0.15) is 0 Å². The Bertz CT molecular complexity index is 1220. The number of carboxylic acid groups (broad SMARTS) is 1. The number of oxime groups is 1. The van der Waals surface area contributed by atoms with Crippen LogP contribution >= 0.6 is 11.3 Å². The lowest BCUT2D eigenvalue weighted by Gasteiger charge is -2.28. The minimum atomic E-state index is -1.49. The van der Waals surface area contributed by atoms with Gasteiger partial charge in [-0.05, 0) is 42.2 Å². The maximum atomic E-state index is 12.8. The SMILES string of the molecule is O=C(NC1Cc2cccc(C(=O)O)c2OB1O)C(=NO)c1csc(NCCc2ccncc2)n1. The van der Waals surface area contributed by atoms with Crippen LogP contribution in [-0.4, -0.2) is 62.5 Å². The summed E-state index contributed by atoms with van der Waals surface area (Å²) in [6.07, 6.45) is 4.32. The largest absolute Gasteiger partial charge is 0.547 e. The number of benzene rings is 1. The minimum absolute atomic E-state index is 0.0611. The summed E-state index contributed by atoms with van der Waals surface area (Å²) in [5, 5.41) is 40.0. The second-order valence-electron chi connectivity index (χ2n) is 7.41. The zero-order valence-corrected chi connectivity index (χ0v) is 18.5. The van der Waals surface area contributed by atoms with Crippen LogP contribution in [0.2, 0.25) is 0 Å². The maximum Gasteiger partial charge on any atom is 0.547 e. The minimum Gasteiger partial charge on any atom is -0.534 e. The molecule has 1 aromatic carbocycles. The highest BCUT2D eigenvalue weighted by Gasteiger charge is 2.38. The number of nitrogens with zero attached hydrogens (tertiary/aromatic N) is 3. The number of amides is 1. The Morgan fingerprint density at radius 1 is 1.26 bits per heavy atom. The molecule has 3 heterocycles. The third-order valence-corrected chi connectivity index (χ3v) is 5.97. The molecule has 0 saturated heterocycles. The summed E-state index contributed by atoms with van der Waals surface area (Å²) in [6.45, 7) is 0.609. The molecule has 34 heavy (non-hydrogen) atoms. The van der Waals surface area contributed by atoms with Gasteiger partial charge in [0.2, 0.25) is 0 Å². The van der Waals surface area contributed by atoms with E-state index in [1.54, 1.807) is 29.9 Å². The first kappa shape index (κ1) is 23.2. The summed E-state index contributed by atoms with van der Waals surface area (Å²) in [5.74, 6) is -2.78. The molecule has 1 aliphatic heterocycles. The summed E-state index contributed by atoms with van der Waals surface area (Å²) in [4.78, 5) is 32.4. The highest BCUT2D eigenvalue weighted by atomic mass is 32.1. The second kappa shape index (κ2) is 10.3. The highest BCUT2D eigenvalue weighted by molar-refractivity contribution is 7.14. The first-order valence-electron chi connectivity index (χ1n) is 10.3. The molecule has 3 aromatic rings. The Balaban J connectivity index is 1.39. The smallest absolute Gasteiger partial charge is 0.534 e. The molecular formula is C21H20BN5O6S. The molecule has 4 rings (SSSR count). The summed E-state index contributed by atoms with van der Waals surface area (Å²) in [7, 11) is -1.49. The summed E-state index contributed by atoms with van der Waals surface area (Å²) in [6, 6.07) is 8.41. The number of hydrogen-bond acceptors (Lipinski definition) is 10. The van der Waals surface area contributed by atoms with Crippen molar-refractivity contribution in [2.45, 2.75) is 18.8 Å².